The average molecular weight is 438 g/mol. The van der Waals surface area contributed by atoms with Crippen LogP contribution in [0.3, 0.4) is 0 Å². The number of carbonyl (C=O) groups is 2. The van der Waals surface area contributed by atoms with Gasteiger partial charge >= 0.3 is 5.97 Å². The number of esters is 1. The summed E-state index contributed by atoms with van der Waals surface area (Å²) in [6.45, 7) is 3.07. The fourth-order valence-electron chi connectivity index (χ4n) is 3.86. The number of benzene rings is 2. The predicted octanol–water partition coefficient (Wildman–Crippen LogP) is 4.61. The quantitative estimate of drug-likeness (QED) is 0.547. The van der Waals surface area contributed by atoms with Gasteiger partial charge in [0, 0.05) is 23.7 Å². The molecule has 2 aromatic carbocycles. The Hall–Kier alpha value is -3.12. The number of amides is 1. The van der Waals surface area contributed by atoms with Crippen LogP contribution in [0.4, 0.5) is 0 Å². The predicted molar refractivity (Wildman–Crippen MR) is 119 cm³/mol. The standard InChI is InChI=1S/C24H24ClN3O3/c1-2-31-24(30)18-10-7-13-27(16-18)23(29)22-15-21(17-8-4-3-5-9-17)26-28(22)20-12-6-11-19(25)14-20/h3-6,8-9,11-12,14-15,18H,2,7,10,13,16H2,1H3. The van der Waals surface area contributed by atoms with Crippen LogP contribution in [0.5, 0.6) is 0 Å². The van der Waals surface area contributed by atoms with Crippen molar-refractivity contribution in [1.29, 1.82) is 0 Å². The second-order valence-electron chi connectivity index (χ2n) is 7.51. The van der Waals surface area contributed by atoms with Crippen molar-refractivity contribution in [3.05, 3.63) is 71.4 Å². The van der Waals surface area contributed by atoms with Crippen molar-refractivity contribution in [2.24, 2.45) is 5.92 Å². The van der Waals surface area contributed by atoms with Crippen molar-refractivity contribution in [2.45, 2.75) is 19.8 Å². The summed E-state index contributed by atoms with van der Waals surface area (Å²) < 4.78 is 6.80. The first kappa shape index (κ1) is 21.1. The summed E-state index contributed by atoms with van der Waals surface area (Å²) in [6.07, 6.45) is 1.48. The van der Waals surface area contributed by atoms with E-state index in [1.54, 1.807) is 34.7 Å². The molecule has 0 saturated carbocycles. The smallest absolute Gasteiger partial charge is 0.310 e. The van der Waals surface area contributed by atoms with E-state index in [2.05, 4.69) is 0 Å². The number of hydrogen-bond acceptors (Lipinski definition) is 4. The normalized spacial score (nSPS) is 16.2. The molecule has 3 aromatic rings. The van der Waals surface area contributed by atoms with Crippen LogP contribution in [-0.2, 0) is 9.53 Å². The summed E-state index contributed by atoms with van der Waals surface area (Å²) in [5.41, 5.74) is 2.76. The summed E-state index contributed by atoms with van der Waals surface area (Å²) in [5, 5.41) is 5.27. The summed E-state index contributed by atoms with van der Waals surface area (Å²) in [7, 11) is 0. The van der Waals surface area contributed by atoms with Crippen molar-refractivity contribution < 1.29 is 14.3 Å². The third-order valence-electron chi connectivity index (χ3n) is 5.38. The van der Waals surface area contributed by atoms with Crippen molar-refractivity contribution in [3.8, 4) is 16.9 Å². The third kappa shape index (κ3) is 4.64. The highest BCUT2D eigenvalue weighted by Gasteiger charge is 2.31. The molecular formula is C24H24ClN3O3. The largest absolute Gasteiger partial charge is 0.466 e. The Morgan fingerprint density at radius 3 is 2.68 bits per heavy atom. The maximum absolute atomic E-state index is 13.5. The summed E-state index contributed by atoms with van der Waals surface area (Å²) in [5.74, 6) is -0.703. The SMILES string of the molecule is CCOC(=O)C1CCCN(C(=O)c2cc(-c3ccccc3)nn2-c2cccc(Cl)c2)C1. The number of ether oxygens (including phenoxy) is 1. The lowest BCUT2D eigenvalue weighted by atomic mass is 9.98. The number of piperidine rings is 1. The molecular weight excluding hydrogens is 414 g/mol. The molecule has 1 amide bonds. The van der Waals surface area contributed by atoms with Gasteiger partial charge in [-0.1, -0.05) is 48.0 Å². The Balaban J connectivity index is 1.70. The van der Waals surface area contributed by atoms with E-state index in [0.29, 0.717) is 41.8 Å². The second-order valence-corrected chi connectivity index (χ2v) is 7.95. The molecule has 0 radical (unpaired) electrons. The van der Waals surface area contributed by atoms with Gasteiger partial charge in [-0.15, -0.1) is 0 Å². The highest BCUT2D eigenvalue weighted by atomic mass is 35.5. The molecule has 1 unspecified atom stereocenters. The highest BCUT2D eigenvalue weighted by Crippen LogP contribution is 2.26. The van der Waals surface area contributed by atoms with Gasteiger partial charge in [-0.05, 0) is 44.0 Å². The number of hydrogen-bond donors (Lipinski definition) is 0. The van der Waals surface area contributed by atoms with Gasteiger partial charge in [0.25, 0.3) is 5.91 Å². The molecule has 0 aliphatic carbocycles. The third-order valence-corrected chi connectivity index (χ3v) is 5.61. The molecule has 0 N–H and O–H groups in total. The number of likely N-dealkylation sites (tertiary alicyclic amines) is 1. The van der Waals surface area contributed by atoms with E-state index >= 15 is 0 Å². The molecule has 0 bridgehead atoms. The second kappa shape index (κ2) is 9.35. The lowest BCUT2D eigenvalue weighted by Gasteiger charge is -2.31. The van der Waals surface area contributed by atoms with Crippen LogP contribution in [0.15, 0.2) is 60.7 Å². The van der Waals surface area contributed by atoms with E-state index in [1.165, 1.54) is 0 Å². The van der Waals surface area contributed by atoms with Crippen LogP contribution in [0.25, 0.3) is 16.9 Å². The number of halogens is 1. The van der Waals surface area contributed by atoms with Gasteiger partial charge in [0.2, 0.25) is 0 Å². The minimum absolute atomic E-state index is 0.163. The van der Waals surface area contributed by atoms with Gasteiger partial charge < -0.3 is 9.64 Å². The molecule has 0 spiro atoms. The number of nitrogens with zero attached hydrogens (tertiary/aromatic N) is 3. The minimum Gasteiger partial charge on any atom is -0.466 e. The first-order valence-electron chi connectivity index (χ1n) is 10.4. The van der Waals surface area contributed by atoms with Crippen LogP contribution in [0, 0.1) is 5.92 Å². The molecule has 1 atom stereocenters. The van der Waals surface area contributed by atoms with E-state index in [0.717, 1.165) is 18.4 Å². The van der Waals surface area contributed by atoms with E-state index in [9.17, 15) is 9.59 Å². The molecule has 4 rings (SSSR count). The summed E-state index contributed by atoms with van der Waals surface area (Å²) in [6, 6.07) is 18.8. The molecule has 1 saturated heterocycles. The van der Waals surface area contributed by atoms with Gasteiger partial charge in [0.1, 0.15) is 5.69 Å². The summed E-state index contributed by atoms with van der Waals surface area (Å²) >= 11 is 6.19. The average Bonchev–Trinajstić information content (AvgIpc) is 3.25. The lowest BCUT2D eigenvalue weighted by molar-refractivity contribution is -0.149. The van der Waals surface area contributed by atoms with Crippen LogP contribution < -0.4 is 0 Å². The molecule has 1 aliphatic heterocycles. The number of rotatable bonds is 5. The van der Waals surface area contributed by atoms with E-state index < -0.39 is 0 Å². The Morgan fingerprint density at radius 2 is 1.94 bits per heavy atom. The molecule has 160 valence electrons. The Bertz CT molecular complexity index is 1080. The van der Waals surface area contributed by atoms with Crippen LogP contribution in [0.1, 0.15) is 30.3 Å². The first-order chi connectivity index (χ1) is 15.1. The zero-order chi connectivity index (χ0) is 21.8. The topological polar surface area (TPSA) is 64.4 Å². The molecule has 7 heteroatoms. The maximum Gasteiger partial charge on any atom is 0.310 e. The molecule has 6 nitrogen and oxygen atoms in total. The van der Waals surface area contributed by atoms with Gasteiger partial charge in [-0.2, -0.15) is 5.10 Å². The Labute approximate surface area is 186 Å². The van der Waals surface area contributed by atoms with Gasteiger partial charge in [0.05, 0.1) is 23.9 Å². The van der Waals surface area contributed by atoms with E-state index in [1.807, 2.05) is 42.5 Å². The molecule has 1 aliphatic rings. The maximum atomic E-state index is 13.5. The van der Waals surface area contributed by atoms with Crippen LogP contribution >= 0.6 is 11.6 Å². The highest BCUT2D eigenvalue weighted by molar-refractivity contribution is 6.30. The van der Waals surface area contributed by atoms with Crippen molar-refractivity contribution in [2.75, 3.05) is 19.7 Å². The van der Waals surface area contributed by atoms with Gasteiger partial charge in [-0.25, -0.2) is 4.68 Å². The van der Waals surface area contributed by atoms with Gasteiger partial charge in [0.15, 0.2) is 0 Å². The van der Waals surface area contributed by atoms with Gasteiger partial charge in [-0.3, -0.25) is 9.59 Å². The van der Waals surface area contributed by atoms with E-state index in [-0.39, 0.29) is 17.8 Å². The number of carbonyl (C=O) groups excluding carboxylic acids is 2. The Morgan fingerprint density at radius 1 is 1.13 bits per heavy atom. The lowest BCUT2D eigenvalue weighted by Crippen LogP contribution is -2.43. The fourth-order valence-corrected chi connectivity index (χ4v) is 4.05. The van der Waals surface area contributed by atoms with Crippen molar-refractivity contribution in [1.82, 2.24) is 14.7 Å². The van der Waals surface area contributed by atoms with Crippen molar-refractivity contribution in [3.63, 3.8) is 0 Å². The zero-order valence-corrected chi connectivity index (χ0v) is 18.1. The molecule has 1 fully saturated rings. The molecule has 2 heterocycles. The molecule has 1 aromatic heterocycles. The molecule has 31 heavy (non-hydrogen) atoms. The van der Waals surface area contributed by atoms with Crippen LogP contribution in [0.2, 0.25) is 5.02 Å². The summed E-state index contributed by atoms with van der Waals surface area (Å²) in [4.78, 5) is 27.5. The number of aromatic nitrogens is 2. The van der Waals surface area contributed by atoms with E-state index in [4.69, 9.17) is 21.4 Å². The fraction of sp³-hybridized carbons (Fsp3) is 0.292. The minimum atomic E-state index is -0.297. The Kier molecular flexibility index (Phi) is 6.37. The monoisotopic (exact) mass is 437 g/mol. The van der Waals surface area contributed by atoms with Crippen LogP contribution in [-0.4, -0.2) is 46.3 Å². The first-order valence-corrected chi connectivity index (χ1v) is 10.8. The zero-order valence-electron chi connectivity index (χ0n) is 17.3. The van der Waals surface area contributed by atoms with Crippen molar-refractivity contribution >= 4 is 23.5 Å².